The lowest BCUT2D eigenvalue weighted by molar-refractivity contribution is -0.384. The molecule has 0 amide bonds. The summed E-state index contributed by atoms with van der Waals surface area (Å²) in [5.74, 6) is 2.49. The Morgan fingerprint density at radius 2 is 1.53 bits per heavy atom. The van der Waals surface area contributed by atoms with Crippen LogP contribution in [-0.2, 0) is 10.0 Å². The van der Waals surface area contributed by atoms with Gasteiger partial charge in [-0.1, -0.05) is 30.3 Å². The van der Waals surface area contributed by atoms with E-state index in [0.29, 0.717) is 22.5 Å². The Morgan fingerprint density at radius 1 is 0.912 bits per heavy atom. The van der Waals surface area contributed by atoms with Gasteiger partial charge in [-0.3, -0.25) is 20.4 Å². The molecular formula is C23H14N6O4S. The van der Waals surface area contributed by atoms with Gasteiger partial charge in [0.05, 0.1) is 20.9 Å². The molecule has 0 atom stereocenters. The number of aromatic nitrogens is 2. The number of rotatable bonds is 4. The number of hydrogen-bond acceptors (Lipinski definition) is 7. The first kappa shape index (κ1) is 21.1. The highest BCUT2D eigenvalue weighted by atomic mass is 32.2. The summed E-state index contributed by atoms with van der Waals surface area (Å²) in [5, 5.41) is 18.8. The van der Waals surface area contributed by atoms with Crippen LogP contribution in [0.25, 0.3) is 16.6 Å². The number of amidine groups is 1. The van der Waals surface area contributed by atoms with Crippen molar-refractivity contribution >= 4 is 55.5 Å². The van der Waals surface area contributed by atoms with Gasteiger partial charge in [-0.2, -0.15) is 8.42 Å². The summed E-state index contributed by atoms with van der Waals surface area (Å²) < 4.78 is 30.3. The van der Waals surface area contributed by atoms with Crippen molar-refractivity contribution < 1.29 is 13.3 Å². The molecule has 5 rings (SSSR count). The number of para-hydroxylation sites is 3. The van der Waals surface area contributed by atoms with E-state index >= 15 is 0 Å². The van der Waals surface area contributed by atoms with E-state index in [0.717, 1.165) is 24.3 Å². The Balaban J connectivity index is 1.73. The monoisotopic (exact) mass is 470 g/mol. The normalized spacial score (nSPS) is 14.3. The van der Waals surface area contributed by atoms with E-state index in [1.807, 2.05) is 12.1 Å². The fraction of sp³-hybridized carbons (Fsp3) is 0. The molecule has 0 saturated heterocycles. The minimum absolute atomic E-state index is 0.0580. The second-order valence-corrected chi connectivity index (χ2v) is 8.80. The van der Waals surface area contributed by atoms with Crippen molar-refractivity contribution in [1.29, 1.82) is 5.41 Å². The van der Waals surface area contributed by atoms with E-state index < -0.39 is 14.9 Å². The van der Waals surface area contributed by atoms with Crippen molar-refractivity contribution in [3.8, 4) is 0 Å². The summed E-state index contributed by atoms with van der Waals surface area (Å²) >= 11 is 0. The quantitative estimate of drug-likeness (QED) is 0.269. The second kappa shape index (κ2) is 8.00. The molecule has 1 aliphatic rings. The SMILES string of the molecule is N=C=C1C(=NS(=O)(=O)c2ccc([N+](=O)[O-])cc2)N(c2ccccc2)c2nc3ccccc3nc21. The molecule has 166 valence electrons. The minimum atomic E-state index is -4.31. The molecule has 34 heavy (non-hydrogen) atoms. The van der Waals surface area contributed by atoms with Crippen LogP contribution in [0, 0.1) is 15.5 Å². The van der Waals surface area contributed by atoms with E-state index in [1.54, 1.807) is 42.5 Å². The molecule has 0 fully saturated rings. The van der Waals surface area contributed by atoms with E-state index in [2.05, 4.69) is 20.2 Å². The number of nitro groups is 1. The molecule has 3 aromatic carbocycles. The number of sulfonamides is 1. The number of hydrogen-bond donors (Lipinski definition) is 1. The Bertz CT molecular complexity index is 1640. The first-order chi connectivity index (χ1) is 16.4. The van der Waals surface area contributed by atoms with Crippen LogP contribution in [0.15, 0.2) is 88.2 Å². The van der Waals surface area contributed by atoms with Crippen LogP contribution in [0.1, 0.15) is 5.69 Å². The number of non-ortho nitro benzene ring substituents is 1. The lowest BCUT2D eigenvalue weighted by atomic mass is 10.2. The number of nitrogens with zero attached hydrogens (tertiary/aromatic N) is 5. The summed E-state index contributed by atoms with van der Waals surface area (Å²) in [7, 11) is -4.31. The number of anilines is 2. The number of benzene rings is 3. The van der Waals surface area contributed by atoms with Gasteiger partial charge in [0.25, 0.3) is 15.7 Å². The fourth-order valence-electron chi connectivity index (χ4n) is 3.56. The summed E-state index contributed by atoms with van der Waals surface area (Å²) in [6.45, 7) is 0. The predicted octanol–water partition coefficient (Wildman–Crippen LogP) is 4.11. The van der Waals surface area contributed by atoms with Gasteiger partial charge < -0.3 is 0 Å². The van der Waals surface area contributed by atoms with E-state index in [4.69, 9.17) is 5.41 Å². The van der Waals surface area contributed by atoms with Gasteiger partial charge in [0.1, 0.15) is 11.3 Å². The van der Waals surface area contributed by atoms with Gasteiger partial charge in [0, 0.05) is 17.8 Å². The summed E-state index contributed by atoms with van der Waals surface area (Å²) in [6.07, 6.45) is 0. The predicted molar refractivity (Wildman–Crippen MR) is 127 cm³/mol. The molecule has 0 aliphatic carbocycles. The molecule has 0 unspecified atom stereocenters. The summed E-state index contributed by atoms with van der Waals surface area (Å²) in [6, 6.07) is 20.4. The molecule has 1 aliphatic heterocycles. The van der Waals surface area contributed by atoms with Gasteiger partial charge in [-0.05, 0) is 42.3 Å². The molecule has 0 saturated carbocycles. The third kappa shape index (κ3) is 3.51. The third-order valence-electron chi connectivity index (χ3n) is 5.13. The Hall–Kier alpha value is -4.73. The molecule has 1 aromatic heterocycles. The maximum atomic E-state index is 13.2. The first-order valence-corrected chi connectivity index (χ1v) is 11.3. The zero-order valence-electron chi connectivity index (χ0n) is 17.3. The lowest BCUT2D eigenvalue weighted by Gasteiger charge is -2.18. The van der Waals surface area contributed by atoms with Gasteiger partial charge in [0.2, 0.25) is 0 Å². The number of nitrogens with one attached hydrogen (secondary N) is 1. The van der Waals surface area contributed by atoms with Crippen molar-refractivity contribution in [2.75, 3.05) is 4.90 Å². The fourth-order valence-corrected chi connectivity index (χ4v) is 4.55. The molecular weight excluding hydrogens is 456 g/mol. The largest absolute Gasteiger partial charge is 0.284 e. The molecule has 1 N–H and O–H groups in total. The number of nitro benzene ring substituents is 1. The zero-order valence-corrected chi connectivity index (χ0v) is 18.1. The Morgan fingerprint density at radius 3 is 2.15 bits per heavy atom. The second-order valence-electron chi connectivity index (χ2n) is 7.20. The Kier molecular flexibility index (Phi) is 4.97. The number of fused-ring (bicyclic) bond motifs is 2. The zero-order chi connectivity index (χ0) is 23.9. The molecule has 2 heterocycles. The molecule has 0 radical (unpaired) electrons. The highest BCUT2D eigenvalue weighted by molar-refractivity contribution is 7.90. The van der Waals surface area contributed by atoms with Gasteiger partial charge in [0.15, 0.2) is 11.7 Å². The maximum absolute atomic E-state index is 13.2. The highest BCUT2D eigenvalue weighted by Gasteiger charge is 2.37. The third-order valence-corrected chi connectivity index (χ3v) is 6.41. The smallest absolute Gasteiger partial charge is 0.275 e. The average Bonchev–Trinajstić information content (AvgIpc) is 3.14. The van der Waals surface area contributed by atoms with Crippen LogP contribution < -0.4 is 4.90 Å². The van der Waals surface area contributed by atoms with E-state index in [9.17, 15) is 18.5 Å². The molecule has 10 nitrogen and oxygen atoms in total. The van der Waals surface area contributed by atoms with Crippen LogP contribution in [0.4, 0.5) is 17.2 Å². The average molecular weight is 470 g/mol. The molecule has 0 bridgehead atoms. The first-order valence-electron chi connectivity index (χ1n) is 9.91. The summed E-state index contributed by atoms with van der Waals surface area (Å²) in [4.78, 5) is 20.8. The molecule has 11 heteroatoms. The summed E-state index contributed by atoms with van der Waals surface area (Å²) in [5.41, 5.74) is 1.81. The van der Waals surface area contributed by atoms with Crippen molar-refractivity contribution in [3.05, 3.63) is 94.7 Å². The van der Waals surface area contributed by atoms with E-state index in [-0.39, 0.29) is 27.7 Å². The van der Waals surface area contributed by atoms with Gasteiger partial charge in [-0.15, -0.1) is 4.40 Å². The van der Waals surface area contributed by atoms with Crippen molar-refractivity contribution in [2.45, 2.75) is 4.90 Å². The van der Waals surface area contributed by atoms with Crippen molar-refractivity contribution in [3.63, 3.8) is 0 Å². The topological polar surface area (TPSA) is 143 Å². The minimum Gasteiger partial charge on any atom is -0.275 e. The molecule has 0 spiro atoms. The standard InChI is InChI=1S/C23H14N6O4S/c24-14-18-21-23(26-20-9-5-4-8-19(20)25-21)28(15-6-2-1-3-7-15)22(18)27-34(32,33)17-12-10-16(11-13-17)29(30)31/h1-13,24H. The van der Waals surface area contributed by atoms with Crippen LogP contribution in [0.3, 0.4) is 0 Å². The van der Waals surface area contributed by atoms with Gasteiger partial charge >= 0.3 is 0 Å². The van der Waals surface area contributed by atoms with Crippen LogP contribution >= 0.6 is 0 Å². The van der Waals surface area contributed by atoms with Crippen LogP contribution in [-0.4, -0.2) is 35.0 Å². The van der Waals surface area contributed by atoms with E-state index in [1.165, 1.54) is 4.90 Å². The molecule has 4 aromatic rings. The van der Waals surface area contributed by atoms with Crippen molar-refractivity contribution in [2.24, 2.45) is 4.40 Å². The highest BCUT2D eigenvalue weighted by Crippen LogP contribution is 2.40. The van der Waals surface area contributed by atoms with Crippen molar-refractivity contribution in [1.82, 2.24) is 9.97 Å². The van der Waals surface area contributed by atoms with Crippen LogP contribution in [0.2, 0.25) is 0 Å². The lowest BCUT2D eigenvalue weighted by Crippen LogP contribution is -2.23. The van der Waals surface area contributed by atoms with Gasteiger partial charge in [-0.25, -0.2) is 9.97 Å². The Labute approximate surface area is 193 Å². The maximum Gasteiger partial charge on any atom is 0.284 e. The van der Waals surface area contributed by atoms with Crippen LogP contribution in [0.5, 0.6) is 0 Å².